The fraction of sp³-hybridized carbons (Fsp3) is 0.321. The van der Waals surface area contributed by atoms with E-state index in [-0.39, 0.29) is 5.04 Å². The van der Waals surface area contributed by atoms with Crippen molar-refractivity contribution in [2.45, 2.75) is 45.1 Å². The van der Waals surface area contributed by atoms with Crippen molar-refractivity contribution < 1.29 is 4.43 Å². The molecule has 30 heavy (non-hydrogen) atoms. The van der Waals surface area contributed by atoms with Gasteiger partial charge in [-0.3, -0.25) is 0 Å². The van der Waals surface area contributed by atoms with Crippen molar-refractivity contribution in [3.63, 3.8) is 0 Å². The molecule has 0 heterocycles. The van der Waals surface area contributed by atoms with Crippen molar-refractivity contribution in [1.29, 1.82) is 0 Å². The zero-order valence-corrected chi connectivity index (χ0v) is 19.5. The van der Waals surface area contributed by atoms with E-state index in [0.717, 1.165) is 13.0 Å². The molecule has 0 saturated heterocycles. The fourth-order valence-electron chi connectivity index (χ4n) is 4.53. The molecule has 0 bridgehead atoms. The molecule has 0 aliphatic heterocycles. The summed E-state index contributed by atoms with van der Waals surface area (Å²) in [5, 5.41) is 2.77. The van der Waals surface area contributed by atoms with Crippen molar-refractivity contribution >= 4 is 18.7 Å². The summed E-state index contributed by atoms with van der Waals surface area (Å²) in [6.45, 7) is 7.91. The molecule has 1 fully saturated rings. The third kappa shape index (κ3) is 4.31. The molecule has 4 rings (SSSR count). The first kappa shape index (κ1) is 21.1. The molecule has 1 radical (unpaired) electrons. The van der Waals surface area contributed by atoms with E-state index < -0.39 is 8.32 Å². The first-order valence-electron chi connectivity index (χ1n) is 11.1. The molecule has 1 aliphatic rings. The molecule has 2 heteroatoms. The predicted octanol–water partition coefficient (Wildman–Crippen LogP) is 5.99. The van der Waals surface area contributed by atoms with E-state index in [9.17, 15) is 0 Å². The van der Waals surface area contributed by atoms with Gasteiger partial charge in [-0.1, -0.05) is 112 Å². The van der Waals surface area contributed by atoms with Crippen molar-refractivity contribution in [2.24, 2.45) is 5.41 Å². The van der Waals surface area contributed by atoms with Gasteiger partial charge in [0, 0.05) is 6.61 Å². The molecule has 0 atom stereocenters. The lowest BCUT2D eigenvalue weighted by atomic mass is 9.98. The van der Waals surface area contributed by atoms with Gasteiger partial charge in [0.2, 0.25) is 0 Å². The average molecular weight is 414 g/mol. The second-order valence-corrected chi connectivity index (χ2v) is 14.1. The summed E-state index contributed by atoms with van der Waals surface area (Å²) in [5.41, 5.74) is 1.61. The Bertz CT molecular complexity index is 885. The van der Waals surface area contributed by atoms with Gasteiger partial charge in [-0.05, 0) is 52.1 Å². The normalized spacial score (nSPS) is 15.7. The van der Waals surface area contributed by atoms with Crippen LogP contribution in [0, 0.1) is 11.8 Å². The van der Waals surface area contributed by atoms with Gasteiger partial charge in [-0.2, -0.15) is 0 Å². The van der Waals surface area contributed by atoms with Gasteiger partial charge < -0.3 is 4.43 Å². The van der Waals surface area contributed by atoms with E-state index in [1.807, 2.05) is 0 Å². The van der Waals surface area contributed by atoms with Crippen LogP contribution < -0.4 is 10.4 Å². The second kappa shape index (κ2) is 8.53. The number of hydrogen-bond donors (Lipinski definition) is 0. The quantitative estimate of drug-likeness (QED) is 0.412. The van der Waals surface area contributed by atoms with Crippen LogP contribution in [-0.2, 0) is 4.43 Å². The van der Waals surface area contributed by atoms with Gasteiger partial charge in [0.05, 0.1) is 0 Å². The third-order valence-electron chi connectivity index (χ3n) is 6.54. The fourth-order valence-corrected chi connectivity index (χ4v) is 9.21. The van der Waals surface area contributed by atoms with E-state index in [0.29, 0.717) is 5.41 Å². The Balaban J connectivity index is 1.62. The SMILES string of the molecule is CC(C)(C)[Si](OCC1(C[CH]c2ccccc2)CC1)(c1ccccc1)c1ccccc1. The van der Waals surface area contributed by atoms with E-state index in [4.69, 9.17) is 4.43 Å². The van der Waals surface area contributed by atoms with Crippen molar-refractivity contribution in [2.75, 3.05) is 6.61 Å². The average Bonchev–Trinajstić information content (AvgIpc) is 3.54. The van der Waals surface area contributed by atoms with Crippen LogP contribution >= 0.6 is 0 Å². The number of benzene rings is 3. The maximum absolute atomic E-state index is 7.20. The van der Waals surface area contributed by atoms with Gasteiger partial charge >= 0.3 is 0 Å². The standard InChI is InChI=1S/C28H33OSi/c1-27(2,3)30(25-15-9-5-10-16-25,26-17-11-6-12-18-26)29-23-28(21-22-28)20-19-24-13-7-4-8-14-24/h4-19H,20-23H2,1-3H3. The molecule has 155 valence electrons. The van der Waals surface area contributed by atoms with Crippen molar-refractivity contribution in [3.05, 3.63) is 103 Å². The van der Waals surface area contributed by atoms with Crippen LogP contribution in [0.25, 0.3) is 0 Å². The monoisotopic (exact) mass is 413 g/mol. The molecule has 0 amide bonds. The Morgan fingerprint density at radius 2 is 1.23 bits per heavy atom. The lowest BCUT2D eigenvalue weighted by Gasteiger charge is -2.44. The summed E-state index contributed by atoms with van der Waals surface area (Å²) in [6, 6.07) is 32.7. The predicted molar refractivity (Wildman–Crippen MR) is 130 cm³/mol. The van der Waals surface area contributed by atoms with E-state index in [1.165, 1.54) is 28.8 Å². The van der Waals surface area contributed by atoms with E-state index in [2.05, 4.69) is 118 Å². The highest BCUT2D eigenvalue weighted by Crippen LogP contribution is 2.51. The van der Waals surface area contributed by atoms with Crippen LogP contribution in [0.4, 0.5) is 0 Å². The van der Waals surface area contributed by atoms with Gasteiger partial charge in [0.15, 0.2) is 0 Å². The zero-order chi connectivity index (χ0) is 21.1. The molecule has 1 aliphatic carbocycles. The molecular formula is C28H33OSi. The largest absolute Gasteiger partial charge is 0.407 e. The Morgan fingerprint density at radius 1 is 0.767 bits per heavy atom. The molecule has 1 nitrogen and oxygen atoms in total. The molecule has 0 N–H and O–H groups in total. The highest BCUT2D eigenvalue weighted by molar-refractivity contribution is 6.99. The van der Waals surface area contributed by atoms with Crippen molar-refractivity contribution in [3.8, 4) is 0 Å². The first-order chi connectivity index (χ1) is 14.5. The van der Waals surface area contributed by atoms with Crippen molar-refractivity contribution in [1.82, 2.24) is 0 Å². The highest BCUT2D eigenvalue weighted by atomic mass is 28.4. The minimum atomic E-state index is -2.44. The van der Waals surface area contributed by atoms with Crippen LogP contribution in [0.1, 0.15) is 45.6 Å². The van der Waals surface area contributed by atoms with Gasteiger partial charge in [-0.25, -0.2) is 0 Å². The van der Waals surface area contributed by atoms with Crippen LogP contribution in [-0.4, -0.2) is 14.9 Å². The maximum Gasteiger partial charge on any atom is 0.261 e. The number of hydrogen-bond acceptors (Lipinski definition) is 1. The second-order valence-electron chi connectivity index (χ2n) is 9.77. The maximum atomic E-state index is 7.20. The smallest absolute Gasteiger partial charge is 0.261 e. The van der Waals surface area contributed by atoms with Crippen LogP contribution in [0.5, 0.6) is 0 Å². The third-order valence-corrected chi connectivity index (χ3v) is 11.5. The summed E-state index contributed by atoms with van der Waals surface area (Å²) in [6.07, 6.45) is 6.00. The molecule has 1 saturated carbocycles. The van der Waals surface area contributed by atoms with Gasteiger partial charge in [-0.15, -0.1) is 0 Å². The Hall–Kier alpha value is -2.16. The lowest BCUT2D eigenvalue weighted by molar-refractivity contribution is 0.219. The Morgan fingerprint density at radius 3 is 1.67 bits per heavy atom. The molecule has 3 aromatic carbocycles. The Kier molecular flexibility index (Phi) is 5.99. The number of rotatable bonds is 8. The summed E-state index contributed by atoms with van der Waals surface area (Å²) in [4.78, 5) is 0. The zero-order valence-electron chi connectivity index (χ0n) is 18.5. The molecule has 0 aromatic heterocycles. The van der Waals surface area contributed by atoms with Gasteiger partial charge in [0.1, 0.15) is 0 Å². The van der Waals surface area contributed by atoms with Crippen LogP contribution in [0.3, 0.4) is 0 Å². The minimum Gasteiger partial charge on any atom is -0.407 e. The minimum absolute atomic E-state index is 0.0366. The summed E-state index contributed by atoms with van der Waals surface area (Å²) < 4.78 is 7.20. The van der Waals surface area contributed by atoms with E-state index >= 15 is 0 Å². The highest BCUT2D eigenvalue weighted by Gasteiger charge is 2.53. The van der Waals surface area contributed by atoms with Crippen LogP contribution in [0.2, 0.25) is 5.04 Å². The lowest BCUT2D eigenvalue weighted by Crippen LogP contribution is -2.67. The topological polar surface area (TPSA) is 9.23 Å². The summed E-state index contributed by atoms with van der Waals surface area (Å²) >= 11 is 0. The molecule has 0 spiro atoms. The molecule has 0 unspecified atom stereocenters. The van der Waals surface area contributed by atoms with E-state index in [1.54, 1.807) is 0 Å². The van der Waals surface area contributed by atoms with Crippen LogP contribution in [0.15, 0.2) is 91.0 Å². The summed E-state index contributed by atoms with van der Waals surface area (Å²) in [7, 11) is -2.44. The van der Waals surface area contributed by atoms with Gasteiger partial charge in [0.25, 0.3) is 8.32 Å². The first-order valence-corrected chi connectivity index (χ1v) is 13.0. The summed E-state index contributed by atoms with van der Waals surface area (Å²) in [5.74, 6) is 0. The Labute approximate surface area is 183 Å². The molecule has 3 aromatic rings. The molecular weight excluding hydrogens is 380 g/mol.